The Balaban J connectivity index is 2.31. The summed E-state index contributed by atoms with van der Waals surface area (Å²) in [5.74, 6) is -1.75. The number of hydrogen-bond acceptors (Lipinski definition) is 4. The molecule has 0 fully saturated rings. The molecule has 0 radical (unpaired) electrons. The minimum Gasteiger partial charge on any atom is -0.481 e. The topological polar surface area (TPSA) is 119 Å². The molecule has 28 heavy (non-hydrogen) atoms. The van der Waals surface area contributed by atoms with Crippen LogP contribution in [0.25, 0.3) is 0 Å². The molecule has 2 unspecified atom stereocenters. The molecule has 0 aliphatic heterocycles. The minimum absolute atomic E-state index is 0.120. The molecule has 0 bridgehead atoms. The zero-order chi connectivity index (χ0) is 20.6. The highest BCUT2D eigenvalue weighted by Gasteiger charge is 2.39. The second kappa shape index (κ2) is 10.2. The molecule has 150 valence electrons. The summed E-state index contributed by atoms with van der Waals surface area (Å²) in [6.45, 7) is 1.78. The number of aliphatic carboxylic acids is 1. The summed E-state index contributed by atoms with van der Waals surface area (Å²) in [5.41, 5.74) is 6.38. The number of nitrogens with two attached hydrogens (primary N) is 1. The number of carboxylic acids is 1. The number of rotatable bonds is 10. The van der Waals surface area contributed by atoms with E-state index in [4.69, 9.17) is 10.2 Å². The monoisotopic (exact) mass is 404 g/mol. The molecule has 0 aliphatic carbocycles. The largest absolute Gasteiger partial charge is 0.481 e. The number of ether oxygens (including phenoxy) is 1. The number of nitrogens with one attached hydrogen (secondary N) is 1. The van der Waals surface area contributed by atoms with Crippen LogP contribution in [0.5, 0.6) is 0 Å². The molecule has 0 aromatic heterocycles. The van der Waals surface area contributed by atoms with Crippen LogP contribution in [-0.4, -0.2) is 29.3 Å². The van der Waals surface area contributed by atoms with Crippen molar-refractivity contribution in [1.82, 2.24) is 5.09 Å². The number of carbonyl (C=O) groups excluding carboxylic acids is 1. The molecular formula is C20H25N2O5P. The van der Waals surface area contributed by atoms with E-state index in [9.17, 15) is 19.3 Å². The predicted molar refractivity (Wildman–Crippen MR) is 107 cm³/mol. The summed E-state index contributed by atoms with van der Waals surface area (Å²) in [6, 6.07) is 17.0. The highest BCUT2D eigenvalue weighted by Crippen LogP contribution is 2.43. The summed E-state index contributed by atoms with van der Waals surface area (Å²) >= 11 is 0. The van der Waals surface area contributed by atoms with Crippen LogP contribution < -0.4 is 10.6 Å². The standard InChI is InChI=1S/C20H25N2O5P/c1-2-27-20(25)18(13-15-9-5-3-6-10-15)28(21,26)22-17(14-19(23)24)16-11-7-4-8-12-16/h3-12,17-18H,2,13-14H2,1H3,(H,23,24)(H3,21,22,26)/t17?,18-,28?/m0/s1. The molecule has 0 saturated heterocycles. The van der Waals surface area contributed by atoms with E-state index in [1.165, 1.54) is 0 Å². The van der Waals surface area contributed by atoms with Crippen molar-refractivity contribution in [3.63, 3.8) is 0 Å². The quantitative estimate of drug-likeness (QED) is 0.411. The fourth-order valence-electron chi connectivity index (χ4n) is 2.88. The van der Waals surface area contributed by atoms with E-state index in [1.807, 2.05) is 18.2 Å². The van der Waals surface area contributed by atoms with Crippen molar-refractivity contribution in [3.05, 3.63) is 71.8 Å². The SMILES string of the molecule is CCOC(=O)[C@H](Cc1ccccc1)P(N)(=O)NC(CC(=O)O)c1ccccc1. The van der Waals surface area contributed by atoms with Crippen LogP contribution in [0.2, 0.25) is 0 Å². The van der Waals surface area contributed by atoms with Gasteiger partial charge in [-0.15, -0.1) is 0 Å². The summed E-state index contributed by atoms with van der Waals surface area (Å²) < 4.78 is 18.5. The third-order valence-corrected chi connectivity index (χ3v) is 6.27. The van der Waals surface area contributed by atoms with Crippen molar-refractivity contribution in [1.29, 1.82) is 0 Å². The van der Waals surface area contributed by atoms with Crippen molar-refractivity contribution < 1.29 is 24.0 Å². The van der Waals surface area contributed by atoms with Gasteiger partial charge in [0.25, 0.3) is 0 Å². The van der Waals surface area contributed by atoms with Crippen molar-refractivity contribution >= 4 is 19.4 Å². The van der Waals surface area contributed by atoms with Gasteiger partial charge in [0.15, 0.2) is 0 Å². The van der Waals surface area contributed by atoms with Gasteiger partial charge in [-0.05, 0) is 24.5 Å². The zero-order valence-electron chi connectivity index (χ0n) is 15.7. The van der Waals surface area contributed by atoms with Crippen LogP contribution in [0.15, 0.2) is 60.7 Å². The summed E-state index contributed by atoms with van der Waals surface area (Å²) in [6.07, 6.45) is -0.207. The first kappa shape index (κ1) is 21.8. The van der Waals surface area contributed by atoms with Crippen LogP contribution in [0.4, 0.5) is 0 Å². The van der Waals surface area contributed by atoms with Crippen molar-refractivity contribution in [2.45, 2.75) is 31.5 Å². The molecule has 4 N–H and O–H groups in total. The van der Waals surface area contributed by atoms with E-state index in [-0.39, 0.29) is 19.4 Å². The maximum atomic E-state index is 13.4. The molecule has 2 aromatic carbocycles. The highest BCUT2D eigenvalue weighted by atomic mass is 31.2. The Labute approximate surface area is 164 Å². The second-order valence-corrected chi connectivity index (χ2v) is 8.66. The van der Waals surface area contributed by atoms with Gasteiger partial charge in [0.05, 0.1) is 13.0 Å². The first-order valence-corrected chi connectivity index (χ1v) is 10.8. The molecule has 0 saturated carbocycles. The number of esters is 1. The number of hydrogen-bond donors (Lipinski definition) is 3. The Morgan fingerprint density at radius 2 is 1.68 bits per heavy atom. The van der Waals surface area contributed by atoms with E-state index >= 15 is 0 Å². The molecule has 8 heteroatoms. The fraction of sp³-hybridized carbons (Fsp3) is 0.300. The maximum absolute atomic E-state index is 13.4. The average molecular weight is 404 g/mol. The smallest absolute Gasteiger partial charge is 0.319 e. The van der Waals surface area contributed by atoms with Crippen molar-refractivity contribution in [2.24, 2.45) is 5.50 Å². The Hall–Kier alpha value is -2.47. The summed E-state index contributed by atoms with van der Waals surface area (Å²) in [5, 5.41) is 12.0. The van der Waals surface area contributed by atoms with Crippen LogP contribution >= 0.6 is 7.44 Å². The van der Waals surface area contributed by atoms with Gasteiger partial charge in [-0.25, -0.2) is 5.09 Å². The van der Waals surface area contributed by atoms with Gasteiger partial charge in [0.1, 0.15) is 5.66 Å². The molecular weight excluding hydrogens is 379 g/mol. The molecule has 0 amide bonds. The Kier molecular flexibility index (Phi) is 7.93. The first-order valence-electron chi connectivity index (χ1n) is 8.97. The Morgan fingerprint density at radius 1 is 1.11 bits per heavy atom. The number of benzene rings is 2. The lowest BCUT2D eigenvalue weighted by Gasteiger charge is -2.28. The van der Waals surface area contributed by atoms with E-state index in [0.29, 0.717) is 5.56 Å². The molecule has 2 rings (SSSR count). The predicted octanol–water partition coefficient (Wildman–Crippen LogP) is 3.12. The second-order valence-electron chi connectivity index (χ2n) is 6.36. The Morgan fingerprint density at radius 3 is 2.21 bits per heavy atom. The summed E-state index contributed by atoms with van der Waals surface area (Å²) in [7, 11) is -3.82. The van der Waals surface area contributed by atoms with E-state index in [2.05, 4.69) is 5.09 Å². The zero-order valence-corrected chi connectivity index (χ0v) is 16.5. The molecule has 7 nitrogen and oxygen atoms in total. The van der Waals surface area contributed by atoms with E-state index in [0.717, 1.165) is 5.56 Å². The van der Waals surface area contributed by atoms with Crippen LogP contribution in [0, 0.1) is 0 Å². The normalized spacial score (nSPS) is 15.2. The van der Waals surface area contributed by atoms with Crippen LogP contribution in [-0.2, 0) is 25.3 Å². The fourth-order valence-corrected chi connectivity index (χ4v) is 4.66. The maximum Gasteiger partial charge on any atom is 0.319 e. The molecule has 2 aromatic rings. The number of carbonyl (C=O) groups is 2. The van der Waals surface area contributed by atoms with Gasteiger partial charge in [-0.1, -0.05) is 60.7 Å². The first-order chi connectivity index (χ1) is 13.3. The van der Waals surface area contributed by atoms with Gasteiger partial charge in [0, 0.05) is 6.04 Å². The van der Waals surface area contributed by atoms with E-state index in [1.54, 1.807) is 49.4 Å². The molecule has 3 atom stereocenters. The minimum atomic E-state index is -3.82. The number of carboxylic acid groups (broad SMARTS) is 1. The third-order valence-electron chi connectivity index (χ3n) is 4.23. The van der Waals surface area contributed by atoms with Gasteiger partial charge >= 0.3 is 11.9 Å². The van der Waals surface area contributed by atoms with Crippen molar-refractivity contribution in [2.75, 3.05) is 6.61 Å². The Bertz CT molecular complexity index is 829. The van der Waals surface area contributed by atoms with E-state index < -0.39 is 31.1 Å². The lowest BCUT2D eigenvalue weighted by atomic mass is 10.1. The van der Waals surface area contributed by atoms with Crippen LogP contribution in [0.1, 0.15) is 30.5 Å². The van der Waals surface area contributed by atoms with Gasteiger partial charge in [0.2, 0.25) is 7.44 Å². The lowest BCUT2D eigenvalue weighted by molar-refractivity contribution is -0.142. The molecule has 0 aliphatic rings. The van der Waals surface area contributed by atoms with Crippen molar-refractivity contribution in [3.8, 4) is 0 Å². The van der Waals surface area contributed by atoms with Crippen LogP contribution in [0.3, 0.4) is 0 Å². The molecule has 0 heterocycles. The molecule has 0 spiro atoms. The lowest BCUT2D eigenvalue weighted by Crippen LogP contribution is -2.37. The van der Waals surface area contributed by atoms with Gasteiger partial charge < -0.3 is 9.84 Å². The van der Waals surface area contributed by atoms with Gasteiger partial charge in [-0.3, -0.25) is 19.7 Å². The summed E-state index contributed by atoms with van der Waals surface area (Å²) in [4.78, 5) is 23.8. The average Bonchev–Trinajstić information content (AvgIpc) is 2.66. The van der Waals surface area contributed by atoms with Gasteiger partial charge in [-0.2, -0.15) is 0 Å². The highest BCUT2D eigenvalue weighted by molar-refractivity contribution is 7.61. The third kappa shape index (κ3) is 6.30.